The van der Waals surface area contributed by atoms with Crippen molar-refractivity contribution in [3.05, 3.63) is 29.8 Å². The molecule has 0 amide bonds. The predicted molar refractivity (Wildman–Crippen MR) is 69.2 cm³/mol. The van der Waals surface area contributed by atoms with Crippen molar-refractivity contribution in [2.45, 2.75) is 6.04 Å². The van der Waals surface area contributed by atoms with Crippen LogP contribution in [0.4, 0.5) is 0 Å². The maximum atomic E-state index is 5.28. The monoisotopic (exact) mass is 263 g/mol. The molecular formula is C12H17N5O2. The molecule has 1 unspecified atom stereocenters. The van der Waals surface area contributed by atoms with Crippen molar-refractivity contribution < 1.29 is 9.47 Å². The van der Waals surface area contributed by atoms with E-state index in [4.69, 9.17) is 9.47 Å². The van der Waals surface area contributed by atoms with Crippen LogP contribution in [0.2, 0.25) is 0 Å². The van der Waals surface area contributed by atoms with Gasteiger partial charge in [-0.1, -0.05) is 0 Å². The van der Waals surface area contributed by atoms with Gasteiger partial charge < -0.3 is 14.8 Å². The lowest BCUT2D eigenvalue weighted by Gasteiger charge is -2.16. The lowest BCUT2D eigenvalue weighted by Crippen LogP contribution is -2.20. The van der Waals surface area contributed by atoms with Crippen LogP contribution in [0.15, 0.2) is 18.6 Å². The minimum atomic E-state index is -0.137. The number of nitrogens with one attached hydrogen (secondary N) is 1. The third-order valence-electron chi connectivity index (χ3n) is 2.77. The first kappa shape index (κ1) is 13.3. The summed E-state index contributed by atoms with van der Waals surface area (Å²) in [6.07, 6.45) is 5.28. The Morgan fingerprint density at radius 3 is 2.58 bits per heavy atom. The number of aryl methyl sites for hydroxylation is 1. The van der Waals surface area contributed by atoms with Gasteiger partial charge in [-0.3, -0.25) is 4.68 Å². The summed E-state index contributed by atoms with van der Waals surface area (Å²) >= 11 is 0. The van der Waals surface area contributed by atoms with E-state index >= 15 is 0 Å². The Labute approximate surface area is 111 Å². The Hall–Kier alpha value is -2.15. The molecule has 0 radical (unpaired) electrons. The molecule has 0 aliphatic heterocycles. The standard InChI is InChI=1S/C12H17N5O2/c1-13-10(8-5-15-17(2)7-8)11-12(19-4)16-9(18-3)6-14-11/h5-7,10,13H,1-4H3. The van der Waals surface area contributed by atoms with Crippen molar-refractivity contribution in [3.8, 4) is 11.8 Å². The zero-order chi connectivity index (χ0) is 13.8. The van der Waals surface area contributed by atoms with Gasteiger partial charge in [0.2, 0.25) is 11.8 Å². The van der Waals surface area contributed by atoms with E-state index in [2.05, 4.69) is 20.4 Å². The lowest BCUT2D eigenvalue weighted by molar-refractivity contribution is 0.353. The van der Waals surface area contributed by atoms with E-state index < -0.39 is 0 Å². The summed E-state index contributed by atoms with van der Waals surface area (Å²) in [4.78, 5) is 8.60. The summed E-state index contributed by atoms with van der Waals surface area (Å²) in [5.41, 5.74) is 1.68. The average molecular weight is 263 g/mol. The van der Waals surface area contributed by atoms with Gasteiger partial charge in [0, 0.05) is 18.8 Å². The topological polar surface area (TPSA) is 74.1 Å². The molecule has 19 heavy (non-hydrogen) atoms. The Kier molecular flexibility index (Phi) is 3.96. The van der Waals surface area contributed by atoms with E-state index in [0.717, 1.165) is 5.56 Å². The first-order chi connectivity index (χ1) is 9.19. The van der Waals surface area contributed by atoms with E-state index in [9.17, 15) is 0 Å². The highest BCUT2D eigenvalue weighted by Crippen LogP contribution is 2.27. The molecule has 0 fully saturated rings. The third kappa shape index (κ3) is 2.65. The van der Waals surface area contributed by atoms with Gasteiger partial charge in [-0.25, -0.2) is 4.98 Å². The predicted octanol–water partition coefficient (Wildman–Crippen LogP) is 0.536. The fraction of sp³-hybridized carbons (Fsp3) is 0.417. The largest absolute Gasteiger partial charge is 0.480 e. The molecule has 0 bridgehead atoms. The van der Waals surface area contributed by atoms with Crippen LogP contribution in [0, 0.1) is 0 Å². The van der Waals surface area contributed by atoms with Crippen molar-refractivity contribution in [2.24, 2.45) is 7.05 Å². The van der Waals surface area contributed by atoms with Crippen LogP contribution < -0.4 is 14.8 Å². The van der Waals surface area contributed by atoms with Gasteiger partial charge in [-0.2, -0.15) is 10.1 Å². The number of nitrogens with zero attached hydrogens (tertiary/aromatic N) is 4. The second-order valence-electron chi connectivity index (χ2n) is 3.98. The summed E-state index contributed by atoms with van der Waals surface area (Å²) in [5.74, 6) is 0.851. The first-order valence-electron chi connectivity index (χ1n) is 5.80. The van der Waals surface area contributed by atoms with Crippen molar-refractivity contribution in [1.29, 1.82) is 0 Å². The molecule has 2 aromatic rings. The van der Waals surface area contributed by atoms with E-state index in [0.29, 0.717) is 17.5 Å². The van der Waals surface area contributed by atoms with Crippen LogP contribution >= 0.6 is 0 Å². The molecule has 1 atom stereocenters. The third-order valence-corrected chi connectivity index (χ3v) is 2.77. The van der Waals surface area contributed by atoms with Gasteiger partial charge >= 0.3 is 0 Å². The summed E-state index contributed by atoms with van der Waals surface area (Å²) in [7, 11) is 6.82. The highest BCUT2D eigenvalue weighted by atomic mass is 16.5. The Morgan fingerprint density at radius 1 is 1.26 bits per heavy atom. The van der Waals surface area contributed by atoms with Gasteiger partial charge in [0.05, 0.1) is 32.7 Å². The molecule has 7 heteroatoms. The fourth-order valence-electron chi connectivity index (χ4n) is 1.86. The van der Waals surface area contributed by atoms with Gasteiger partial charge in [-0.05, 0) is 7.05 Å². The zero-order valence-corrected chi connectivity index (χ0v) is 11.4. The Bertz CT molecular complexity index is 555. The highest BCUT2D eigenvalue weighted by molar-refractivity contribution is 5.32. The Balaban J connectivity index is 2.43. The number of hydrogen-bond acceptors (Lipinski definition) is 6. The van der Waals surface area contributed by atoms with Crippen LogP contribution in [0.3, 0.4) is 0 Å². The van der Waals surface area contributed by atoms with Crippen LogP contribution in [-0.2, 0) is 7.05 Å². The van der Waals surface area contributed by atoms with Crippen LogP contribution in [-0.4, -0.2) is 41.0 Å². The van der Waals surface area contributed by atoms with E-state index in [-0.39, 0.29) is 6.04 Å². The molecule has 0 aliphatic rings. The van der Waals surface area contributed by atoms with Crippen LogP contribution in [0.25, 0.3) is 0 Å². The van der Waals surface area contributed by atoms with Crippen LogP contribution in [0.1, 0.15) is 17.3 Å². The van der Waals surface area contributed by atoms with Gasteiger partial charge in [0.15, 0.2) is 0 Å². The molecule has 2 aromatic heterocycles. The second kappa shape index (κ2) is 5.66. The summed E-state index contributed by atoms with van der Waals surface area (Å²) in [5, 5.41) is 7.35. The SMILES string of the molecule is CNC(c1cnn(C)c1)c1ncc(OC)nc1OC. The number of methoxy groups -OCH3 is 2. The molecule has 0 saturated carbocycles. The van der Waals surface area contributed by atoms with Crippen molar-refractivity contribution >= 4 is 0 Å². The normalized spacial score (nSPS) is 12.2. The fourth-order valence-corrected chi connectivity index (χ4v) is 1.86. The minimum Gasteiger partial charge on any atom is -0.480 e. The number of rotatable bonds is 5. The van der Waals surface area contributed by atoms with Crippen molar-refractivity contribution in [3.63, 3.8) is 0 Å². The van der Waals surface area contributed by atoms with Crippen molar-refractivity contribution in [2.75, 3.05) is 21.3 Å². The number of ether oxygens (including phenoxy) is 2. The quantitative estimate of drug-likeness (QED) is 0.848. The van der Waals surface area contributed by atoms with Gasteiger partial charge in [-0.15, -0.1) is 0 Å². The average Bonchev–Trinajstić information content (AvgIpc) is 2.86. The molecule has 0 aromatic carbocycles. The summed E-state index contributed by atoms with van der Waals surface area (Å²) in [6, 6.07) is -0.137. The molecule has 7 nitrogen and oxygen atoms in total. The zero-order valence-electron chi connectivity index (χ0n) is 11.4. The van der Waals surface area contributed by atoms with E-state index in [1.165, 1.54) is 0 Å². The highest BCUT2D eigenvalue weighted by Gasteiger charge is 2.21. The lowest BCUT2D eigenvalue weighted by atomic mass is 10.1. The van der Waals surface area contributed by atoms with Crippen LogP contribution in [0.5, 0.6) is 11.8 Å². The number of aromatic nitrogens is 4. The first-order valence-corrected chi connectivity index (χ1v) is 5.80. The number of hydrogen-bond donors (Lipinski definition) is 1. The van der Waals surface area contributed by atoms with Gasteiger partial charge in [0.1, 0.15) is 5.69 Å². The molecule has 0 aliphatic carbocycles. The van der Waals surface area contributed by atoms with Gasteiger partial charge in [0.25, 0.3) is 0 Å². The van der Waals surface area contributed by atoms with E-state index in [1.54, 1.807) is 31.3 Å². The maximum absolute atomic E-state index is 5.28. The summed E-state index contributed by atoms with van der Waals surface area (Å²) in [6.45, 7) is 0. The molecular weight excluding hydrogens is 246 g/mol. The van der Waals surface area contributed by atoms with Crippen molar-refractivity contribution in [1.82, 2.24) is 25.1 Å². The summed E-state index contributed by atoms with van der Waals surface area (Å²) < 4.78 is 12.1. The maximum Gasteiger partial charge on any atom is 0.240 e. The Morgan fingerprint density at radius 2 is 2.05 bits per heavy atom. The second-order valence-corrected chi connectivity index (χ2v) is 3.98. The van der Waals surface area contributed by atoms with E-state index in [1.807, 2.05) is 20.3 Å². The molecule has 2 heterocycles. The molecule has 2 rings (SSSR count). The molecule has 102 valence electrons. The smallest absolute Gasteiger partial charge is 0.240 e. The minimum absolute atomic E-state index is 0.137. The molecule has 0 spiro atoms. The molecule has 0 saturated heterocycles. The molecule has 1 N–H and O–H groups in total.